The first-order valence-electron chi connectivity index (χ1n) is 8.26. The number of benzene rings is 1. The van der Waals surface area contributed by atoms with Crippen molar-refractivity contribution in [2.45, 2.75) is 65.2 Å². The zero-order chi connectivity index (χ0) is 14.5. The summed E-state index contributed by atoms with van der Waals surface area (Å²) >= 11 is 0. The standard InChI is InChI=1S/C19H28O/c1-4-5-15-6-8-17(9-7-15)19(20)18-12-10-16(11-13-18)14(2)3/h10-15,17H,4-9H2,1-3H3. The molecule has 1 saturated carbocycles. The van der Waals surface area contributed by atoms with Gasteiger partial charge in [0.25, 0.3) is 0 Å². The first-order valence-corrected chi connectivity index (χ1v) is 8.26. The highest BCUT2D eigenvalue weighted by molar-refractivity contribution is 5.97. The van der Waals surface area contributed by atoms with E-state index >= 15 is 0 Å². The third kappa shape index (κ3) is 3.71. The zero-order valence-corrected chi connectivity index (χ0v) is 13.2. The molecule has 0 atom stereocenters. The van der Waals surface area contributed by atoms with Crippen LogP contribution in [0.25, 0.3) is 0 Å². The highest BCUT2D eigenvalue weighted by atomic mass is 16.1. The quantitative estimate of drug-likeness (QED) is 0.638. The van der Waals surface area contributed by atoms with Crippen LogP contribution in [0.2, 0.25) is 0 Å². The Bertz CT molecular complexity index is 422. The number of rotatable bonds is 5. The summed E-state index contributed by atoms with van der Waals surface area (Å²) in [6.07, 6.45) is 7.29. The van der Waals surface area contributed by atoms with Crippen molar-refractivity contribution in [3.63, 3.8) is 0 Å². The summed E-state index contributed by atoms with van der Waals surface area (Å²) < 4.78 is 0. The molecule has 1 aromatic rings. The Labute approximate surface area is 123 Å². The largest absolute Gasteiger partial charge is 0.294 e. The molecular formula is C19H28O. The summed E-state index contributed by atoms with van der Waals surface area (Å²) in [4.78, 5) is 12.5. The average Bonchev–Trinajstić information content (AvgIpc) is 2.48. The Kier molecular flexibility index (Phi) is 5.39. The molecule has 0 heterocycles. The van der Waals surface area contributed by atoms with Crippen molar-refractivity contribution in [3.8, 4) is 0 Å². The van der Waals surface area contributed by atoms with Crippen molar-refractivity contribution >= 4 is 5.78 Å². The number of hydrogen-bond donors (Lipinski definition) is 0. The van der Waals surface area contributed by atoms with E-state index in [9.17, 15) is 4.79 Å². The predicted molar refractivity (Wildman–Crippen MR) is 85.2 cm³/mol. The Balaban J connectivity index is 1.95. The van der Waals surface area contributed by atoms with Gasteiger partial charge in [-0.2, -0.15) is 0 Å². The van der Waals surface area contributed by atoms with Crippen LogP contribution in [0.15, 0.2) is 24.3 Å². The van der Waals surface area contributed by atoms with Gasteiger partial charge in [0.2, 0.25) is 0 Å². The molecule has 1 heteroatoms. The van der Waals surface area contributed by atoms with Gasteiger partial charge in [0.05, 0.1) is 0 Å². The number of Topliss-reactive ketones (excluding diaryl/α,β-unsaturated/α-hetero) is 1. The molecule has 1 fully saturated rings. The lowest BCUT2D eigenvalue weighted by Crippen LogP contribution is -2.22. The summed E-state index contributed by atoms with van der Waals surface area (Å²) in [6, 6.07) is 8.27. The third-order valence-electron chi connectivity index (χ3n) is 4.78. The van der Waals surface area contributed by atoms with Crippen LogP contribution in [-0.2, 0) is 0 Å². The van der Waals surface area contributed by atoms with E-state index in [4.69, 9.17) is 0 Å². The van der Waals surface area contributed by atoms with E-state index < -0.39 is 0 Å². The molecule has 0 saturated heterocycles. The van der Waals surface area contributed by atoms with Gasteiger partial charge in [-0.25, -0.2) is 0 Å². The molecule has 1 aromatic carbocycles. The third-order valence-corrected chi connectivity index (χ3v) is 4.78. The molecule has 20 heavy (non-hydrogen) atoms. The first-order chi connectivity index (χ1) is 9.61. The highest BCUT2D eigenvalue weighted by Crippen LogP contribution is 2.33. The molecule has 0 spiro atoms. The second-order valence-corrected chi connectivity index (χ2v) is 6.65. The van der Waals surface area contributed by atoms with Gasteiger partial charge in [-0.1, -0.05) is 57.9 Å². The van der Waals surface area contributed by atoms with E-state index in [1.54, 1.807) is 0 Å². The fourth-order valence-corrected chi connectivity index (χ4v) is 3.39. The summed E-state index contributed by atoms with van der Waals surface area (Å²) in [5, 5.41) is 0. The van der Waals surface area contributed by atoms with Crippen molar-refractivity contribution in [1.82, 2.24) is 0 Å². The van der Waals surface area contributed by atoms with Crippen molar-refractivity contribution in [3.05, 3.63) is 35.4 Å². The topological polar surface area (TPSA) is 17.1 Å². The molecule has 0 aromatic heterocycles. The monoisotopic (exact) mass is 272 g/mol. The Morgan fingerprint density at radius 1 is 1.10 bits per heavy atom. The molecule has 0 amide bonds. The van der Waals surface area contributed by atoms with Crippen LogP contribution in [-0.4, -0.2) is 5.78 Å². The second-order valence-electron chi connectivity index (χ2n) is 6.65. The molecule has 0 aliphatic heterocycles. The van der Waals surface area contributed by atoms with Crippen molar-refractivity contribution in [1.29, 1.82) is 0 Å². The van der Waals surface area contributed by atoms with Crippen molar-refractivity contribution < 1.29 is 4.79 Å². The van der Waals surface area contributed by atoms with Crippen LogP contribution in [0.5, 0.6) is 0 Å². The molecule has 2 rings (SSSR count). The van der Waals surface area contributed by atoms with Crippen LogP contribution in [0.3, 0.4) is 0 Å². The van der Waals surface area contributed by atoms with Crippen LogP contribution in [0, 0.1) is 11.8 Å². The van der Waals surface area contributed by atoms with Gasteiger partial charge < -0.3 is 0 Å². The summed E-state index contributed by atoms with van der Waals surface area (Å²) in [6.45, 7) is 6.63. The fraction of sp³-hybridized carbons (Fsp3) is 0.632. The Morgan fingerprint density at radius 2 is 1.70 bits per heavy atom. The lowest BCUT2D eigenvalue weighted by molar-refractivity contribution is 0.0870. The van der Waals surface area contributed by atoms with Crippen LogP contribution >= 0.6 is 0 Å². The Morgan fingerprint density at radius 3 is 2.20 bits per heavy atom. The lowest BCUT2D eigenvalue weighted by atomic mass is 9.77. The average molecular weight is 272 g/mol. The van der Waals surface area contributed by atoms with Gasteiger partial charge in [-0.3, -0.25) is 4.79 Å². The van der Waals surface area contributed by atoms with Crippen LogP contribution < -0.4 is 0 Å². The fourth-order valence-electron chi connectivity index (χ4n) is 3.39. The van der Waals surface area contributed by atoms with E-state index in [1.165, 1.54) is 31.2 Å². The highest BCUT2D eigenvalue weighted by Gasteiger charge is 2.26. The molecule has 1 aliphatic carbocycles. The molecule has 110 valence electrons. The molecule has 1 nitrogen and oxygen atoms in total. The maximum atomic E-state index is 12.5. The van der Waals surface area contributed by atoms with E-state index in [1.807, 2.05) is 12.1 Å². The van der Waals surface area contributed by atoms with Gasteiger partial charge in [0.15, 0.2) is 5.78 Å². The zero-order valence-electron chi connectivity index (χ0n) is 13.2. The number of ketones is 1. The van der Waals surface area contributed by atoms with E-state index in [0.717, 1.165) is 24.3 Å². The molecular weight excluding hydrogens is 244 g/mol. The maximum Gasteiger partial charge on any atom is 0.165 e. The minimum absolute atomic E-state index is 0.271. The molecule has 1 aliphatic rings. The number of carbonyl (C=O) groups excluding carboxylic acids is 1. The molecule has 0 radical (unpaired) electrons. The smallest absolute Gasteiger partial charge is 0.165 e. The minimum Gasteiger partial charge on any atom is -0.294 e. The SMILES string of the molecule is CCCC1CCC(C(=O)c2ccc(C(C)C)cc2)CC1. The van der Waals surface area contributed by atoms with Gasteiger partial charge in [-0.05, 0) is 43.1 Å². The maximum absolute atomic E-state index is 12.5. The summed E-state index contributed by atoms with van der Waals surface area (Å²) in [5.41, 5.74) is 2.22. The van der Waals surface area contributed by atoms with E-state index in [-0.39, 0.29) is 5.92 Å². The van der Waals surface area contributed by atoms with Gasteiger partial charge in [0, 0.05) is 11.5 Å². The second kappa shape index (κ2) is 7.06. The Hall–Kier alpha value is -1.11. The van der Waals surface area contributed by atoms with Crippen LogP contribution in [0.4, 0.5) is 0 Å². The number of hydrogen-bond acceptors (Lipinski definition) is 1. The van der Waals surface area contributed by atoms with Crippen molar-refractivity contribution in [2.75, 3.05) is 0 Å². The first kappa shape index (κ1) is 15.3. The van der Waals surface area contributed by atoms with E-state index in [2.05, 4.69) is 32.9 Å². The van der Waals surface area contributed by atoms with E-state index in [0.29, 0.717) is 11.7 Å². The lowest BCUT2D eigenvalue weighted by Gasteiger charge is -2.27. The molecule has 0 bridgehead atoms. The molecule has 0 unspecified atom stereocenters. The molecule has 0 N–H and O–H groups in total. The van der Waals surface area contributed by atoms with Gasteiger partial charge >= 0.3 is 0 Å². The van der Waals surface area contributed by atoms with Crippen molar-refractivity contribution in [2.24, 2.45) is 11.8 Å². The minimum atomic E-state index is 0.271. The summed E-state index contributed by atoms with van der Waals surface area (Å²) in [7, 11) is 0. The van der Waals surface area contributed by atoms with Gasteiger partial charge in [-0.15, -0.1) is 0 Å². The summed E-state index contributed by atoms with van der Waals surface area (Å²) in [5.74, 6) is 2.04. The predicted octanol–water partition coefficient (Wildman–Crippen LogP) is 5.60. The normalized spacial score (nSPS) is 23.0. The number of carbonyl (C=O) groups is 1. The van der Waals surface area contributed by atoms with Crippen LogP contribution in [0.1, 0.15) is 81.1 Å². The van der Waals surface area contributed by atoms with Gasteiger partial charge in [0.1, 0.15) is 0 Å².